The molecule has 0 radical (unpaired) electrons. The van der Waals surface area contributed by atoms with Crippen molar-refractivity contribution in [2.45, 2.75) is 0 Å². The molecular formula is C13H11IN2O2. The van der Waals surface area contributed by atoms with E-state index in [0.29, 0.717) is 17.1 Å². The zero-order valence-corrected chi connectivity index (χ0v) is 11.8. The Kier molecular flexibility index (Phi) is 4.14. The third-order valence-corrected chi connectivity index (χ3v) is 3.26. The fourth-order valence-corrected chi connectivity index (χ4v) is 2.07. The third kappa shape index (κ3) is 2.98. The van der Waals surface area contributed by atoms with Crippen LogP contribution >= 0.6 is 22.6 Å². The zero-order chi connectivity index (χ0) is 13.0. The summed E-state index contributed by atoms with van der Waals surface area (Å²) >= 11 is 2.13. The predicted octanol–water partition coefficient (Wildman–Crippen LogP) is 2.95. The van der Waals surface area contributed by atoms with Crippen LogP contribution in [0.3, 0.4) is 0 Å². The molecule has 0 saturated carbocycles. The van der Waals surface area contributed by atoms with Gasteiger partial charge < -0.3 is 10.1 Å². The second-order valence-electron chi connectivity index (χ2n) is 3.52. The summed E-state index contributed by atoms with van der Waals surface area (Å²) in [5, 5.41) is 2.81. The first-order chi connectivity index (χ1) is 8.70. The van der Waals surface area contributed by atoms with Crippen molar-refractivity contribution in [1.29, 1.82) is 0 Å². The number of ether oxygens (including phenoxy) is 1. The highest BCUT2D eigenvalue weighted by molar-refractivity contribution is 14.1. The van der Waals surface area contributed by atoms with E-state index in [9.17, 15) is 4.79 Å². The fourth-order valence-electron chi connectivity index (χ4n) is 1.44. The van der Waals surface area contributed by atoms with Crippen molar-refractivity contribution in [2.75, 3.05) is 12.4 Å². The molecule has 2 aromatic rings. The lowest BCUT2D eigenvalue weighted by Gasteiger charge is -2.07. The van der Waals surface area contributed by atoms with E-state index in [0.717, 1.165) is 3.57 Å². The average molecular weight is 354 g/mol. The fraction of sp³-hybridized carbons (Fsp3) is 0.0769. The van der Waals surface area contributed by atoms with E-state index in [1.165, 1.54) is 7.11 Å². The Morgan fingerprint density at radius 2 is 2.11 bits per heavy atom. The summed E-state index contributed by atoms with van der Waals surface area (Å²) in [5.74, 6) is 0.323. The van der Waals surface area contributed by atoms with E-state index in [1.807, 2.05) is 18.2 Å². The maximum absolute atomic E-state index is 12.1. The Hall–Kier alpha value is -1.63. The SMILES string of the molecule is COc1cc(NC(=O)c2ccccc2I)ccn1. The van der Waals surface area contributed by atoms with Crippen molar-refractivity contribution >= 4 is 34.2 Å². The minimum absolute atomic E-state index is 0.145. The number of benzene rings is 1. The summed E-state index contributed by atoms with van der Waals surface area (Å²) in [5.41, 5.74) is 1.31. The summed E-state index contributed by atoms with van der Waals surface area (Å²) in [6, 6.07) is 10.8. The number of carbonyl (C=O) groups is 1. The number of rotatable bonds is 3. The van der Waals surface area contributed by atoms with Gasteiger partial charge in [-0.25, -0.2) is 4.98 Å². The number of amides is 1. The van der Waals surface area contributed by atoms with Gasteiger partial charge in [0.2, 0.25) is 5.88 Å². The summed E-state index contributed by atoms with van der Waals surface area (Å²) in [6.07, 6.45) is 1.59. The molecule has 0 bridgehead atoms. The highest BCUT2D eigenvalue weighted by Crippen LogP contribution is 2.17. The molecule has 0 fully saturated rings. The first kappa shape index (κ1) is 12.8. The van der Waals surface area contributed by atoms with Crippen molar-refractivity contribution in [3.63, 3.8) is 0 Å². The van der Waals surface area contributed by atoms with Crippen LogP contribution in [0.5, 0.6) is 5.88 Å². The van der Waals surface area contributed by atoms with Gasteiger partial charge in [0, 0.05) is 21.5 Å². The first-order valence-corrected chi connectivity index (χ1v) is 6.34. The maximum atomic E-state index is 12.1. The number of nitrogens with one attached hydrogen (secondary N) is 1. The van der Waals surface area contributed by atoms with E-state index >= 15 is 0 Å². The number of nitrogens with zero attached hydrogens (tertiary/aromatic N) is 1. The van der Waals surface area contributed by atoms with Crippen molar-refractivity contribution in [1.82, 2.24) is 4.98 Å². The van der Waals surface area contributed by atoms with E-state index in [4.69, 9.17) is 4.74 Å². The summed E-state index contributed by atoms with van der Waals surface area (Å²) in [6.45, 7) is 0. The molecule has 18 heavy (non-hydrogen) atoms. The summed E-state index contributed by atoms with van der Waals surface area (Å²) in [7, 11) is 1.54. The number of hydrogen-bond donors (Lipinski definition) is 1. The molecule has 0 spiro atoms. The number of carbonyl (C=O) groups excluding carboxylic acids is 1. The van der Waals surface area contributed by atoms with Gasteiger partial charge in [0.1, 0.15) is 0 Å². The van der Waals surface area contributed by atoms with Crippen molar-refractivity contribution in [3.8, 4) is 5.88 Å². The van der Waals surface area contributed by atoms with Gasteiger partial charge in [0.15, 0.2) is 0 Å². The van der Waals surface area contributed by atoms with Crippen molar-refractivity contribution in [3.05, 3.63) is 51.7 Å². The molecule has 0 aliphatic carbocycles. The van der Waals surface area contributed by atoms with E-state index in [2.05, 4.69) is 32.9 Å². The standard InChI is InChI=1S/C13H11IN2O2/c1-18-12-8-9(6-7-15-12)16-13(17)10-4-2-3-5-11(10)14/h2-8H,1H3,(H,15,16,17). The lowest BCUT2D eigenvalue weighted by atomic mass is 10.2. The molecular weight excluding hydrogens is 343 g/mol. The highest BCUT2D eigenvalue weighted by Gasteiger charge is 2.09. The monoisotopic (exact) mass is 354 g/mol. The molecule has 1 aromatic carbocycles. The molecule has 1 aromatic heterocycles. The van der Waals surface area contributed by atoms with Gasteiger partial charge in [0.05, 0.1) is 12.7 Å². The lowest BCUT2D eigenvalue weighted by molar-refractivity contribution is 0.102. The molecule has 92 valence electrons. The molecule has 1 heterocycles. The van der Waals surface area contributed by atoms with Gasteiger partial charge in [0.25, 0.3) is 5.91 Å². The Labute approximate surface area is 119 Å². The van der Waals surface area contributed by atoms with E-state index in [-0.39, 0.29) is 5.91 Å². The van der Waals surface area contributed by atoms with Crippen molar-refractivity contribution < 1.29 is 9.53 Å². The second-order valence-corrected chi connectivity index (χ2v) is 4.68. The average Bonchev–Trinajstić information content (AvgIpc) is 2.39. The van der Waals surface area contributed by atoms with Gasteiger partial charge in [-0.3, -0.25) is 4.79 Å². The number of anilines is 1. The van der Waals surface area contributed by atoms with Gasteiger partial charge in [-0.2, -0.15) is 0 Å². The quantitative estimate of drug-likeness (QED) is 0.863. The minimum atomic E-state index is -0.145. The normalized spacial score (nSPS) is 9.89. The van der Waals surface area contributed by atoms with Gasteiger partial charge in [-0.15, -0.1) is 0 Å². The van der Waals surface area contributed by atoms with Crippen LogP contribution in [0.2, 0.25) is 0 Å². The first-order valence-electron chi connectivity index (χ1n) is 5.26. The van der Waals surface area contributed by atoms with E-state index < -0.39 is 0 Å². The summed E-state index contributed by atoms with van der Waals surface area (Å²) in [4.78, 5) is 16.0. The molecule has 0 aliphatic rings. The molecule has 1 N–H and O–H groups in total. The third-order valence-electron chi connectivity index (χ3n) is 2.32. The molecule has 0 atom stereocenters. The molecule has 0 aliphatic heterocycles. The molecule has 0 saturated heterocycles. The Balaban J connectivity index is 2.19. The van der Waals surface area contributed by atoms with Crippen LogP contribution in [0.1, 0.15) is 10.4 Å². The van der Waals surface area contributed by atoms with Crippen LogP contribution in [0.4, 0.5) is 5.69 Å². The predicted molar refractivity (Wildman–Crippen MR) is 77.9 cm³/mol. The van der Waals surface area contributed by atoms with E-state index in [1.54, 1.807) is 24.4 Å². The molecule has 1 amide bonds. The Morgan fingerprint density at radius 1 is 1.33 bits per heavy atom. The second kappa shape index (κ2) is 5.81. The molecule has 5 heteroatoms. The van der Waals surface area contributed by atoms with Crippen LogP contribution in [0, 0.1) is 3.57 Å². The van der Waals surface area contributed by atoms with Crippen LogP contribution in [-0.2, 0) is 0 Å². The highest BCUT2D eigenvalue weighted by atomic mass is 127. The molecule has 4 nitrogen and oxygen atoms in total. The van der Waals surface area contributed by atoms with Crippen LogP contribution in [0.15, 0.2) is 42.6 Å². The van der Waals surface area contributed by atoms with Crippen LogP contribution in [-0.4, -0.2) is 18.0 Å². The van der Waals surface area contributed by atoms with Crippen LogP contribution in [0.25, 0.3) is 0 Å². The molecule has 0 unspecified atom stereocenters. The Morgan fingerprint density at radius 3 is 2.83 bits per heavy atom. The van der Waals surface area contributed by atoms with Gasteiger partial charge in [-0.05, 0) is 40.8 Å². The van der Waals surface area contributed by atoms with Gasteiger partial charge in [-0.1, -0.05) is 12.1 Å². The summed E-state index contributed by atoms with van der Waals surface area (Å²) < 4.78 is 5.91. The lowest BCUT2D eigenvalue weighted by Crippen LogP contribution is -2.13. The van der Waals surface area contributed by atoms with Gasteiger partial charge >= 0.3 is 0 Å². The smallest absolute Gasteiger partial charge is 0.256 e. The Bertz CT molecular complexity index is 572. The minimum Gasteiger partial charge on any atom is -0.481 e. The topological polar surface area (TPSA) is 51.2 Å². The zero-order valence-electron chi connectivity index (χ0n) is 9.68. The van der Waals surface area contributed by atoms with Crippen LogP contribution < -0.4 is 10.1 Å². The van der Waals surface area contributed by atoms with Crippen molar-refractivity contribution in [2.24, 2.45) is 0 Å². The number of halogens is 1. The maximum Gasteiger partial charge on any atom is 0.256 e. The number of aromatic nitrogens is 1. The number of pyridine rings is 1. The largest absolute Gasteiger partial charge is 0.481 e. The number of methoxy groups -OCH3 is 1. The molecule has 2 rings (SSSR count). The number of hydrogen-bond acceptors (Lipinski definition) is 3.